The molecule has 2 N–H and O–H groups in total. The molecule has 0 bridgehead atoms. The van der Waals surface area contributed by atoms with Crippen LogP contribution in [0.15, 0.2) is 30.5 Å². The molecule has 19 heavy (non-hydrogen) atoms. The van der Waals surface area contributed by atoms with Gasteiger partial charge in [-0.05, 0) is 24.6 Å². The fraction of sp³-hybridized carbons (Fsp3) is 0.286. The summed E-state index contributed by atoms with van der Waals surface area (Å²) in [6.45, 7) is 2.75. The Morgan fingerprint density at radius 1 is 1.47 bits per heavy atom. The van der Waals surface area contributed by atoms with Crippen LogP contribution < -0.4 is 5.73 Å². The van der Waals surface area contributed by atoms with Crippen LogP contribution in [-0.4, -0.2) is 15.8 Å². The molecule has 1 aromatic carbocycles. The number of benzene rings is 1. The minimum Gasteiger partial charge on any atom is -0.326 e. The summed E-state index contributed by atoms with van der Waals surface area (Å²) in [7, 11) is 0. The zero-order valence-electron chi connectivity index (χ0n) is 10.7. The lowest BCUT2D eigenvalue weighted by Gasteiger charge is -2.08. The first kappa shape index (κ1) is 13.6. The monoisotopic (exact) mass is 274 g/mol. The number of aromatic nitrogens is 2. The molecule has 0 saturated carbocycles. The lowest BCUT2D eigenvalue weighted by atomic mass is 10.1. The Kier molecular flexibility index (Phi) is 4.20. The minimum atomic E-state index is 0.109. The maximum atomic E-state index is 8.84. The Labute approximate surface area is 117 Å². The highest BCUT2D eigenvalue weighted by molar-refractivity contribution is 6.32. The van der Waals surface area contributed by atoms with Crippen molar-refractivity contribution in [3.8, 4) is 17.3 Å². The molecular weight excluding hydrogens is 260 g/mol. The van der Waals surface area contributed by atoms with Crippen molar-refractivity contribution in [2.24, 2.45) is 5.73 Å². The van der Waals surface area contributed by atoms with Crippen molar-refractivity contribution in [1.82, 2.24) is 9.78 Å². The number of rotatable bonds is 4. The molecule has 0 spiro atoms. The SMILES string of the molecule is CC[C@@H](N)Cn1ccc(-c2ccc(C#N)c(Cl)c2)n1. The van der Waals surface area contributed by atoms with Gasteiger partial charge in [-0.1, -0.05) is 24.6 Å². The van der Waals surface area contributed by atoms with E-state index in [4.69, 9.17) is 22.6 Å². The fourth-order valence-electron chi connectivity index (χ4n) is 1.75. The molecule has 1 atom stereocenters. The predicted molar refractivity (Wildman–Crippen MR) is 75.7 cm³/mol. The van der Waals surface area contributed by atoms with Crippen molar-refractivity contribution >= 4 is 11.6 Å². The van der Waals surface area contributed by atoms with Gasteiger partial charge in [0.05, 0.1) is 22.8 Å². The molecule has 0 fully saturated rings. The molecule has 1 aromatic heterocycles. The van der Waals surface area contributed by atoms with Crippen molar-refractivity contribution in [2.45, 2.75) is 25.9 Å². The van der Waals surface area contributed by atoms with Crippen molar-refractivity contribution in [3.05, 3.63) is 41.0 Å². The molecule has 0 aliphatic carbocycles. The molecule has 0 aliphatic heterocycles. The maximum Gasteiger partial charge on any atom is 0.101 e. The summed E-state index contributed by atoms with van der Waals surface area (Å²) in [5.74, 6) is 0. The van der Waals surface area contributed by atoms with Gasteiger partial charge in [0, 0.05) is 17.8 Å². The van der Waals surface area contributed by atoms with Crippen LogP contribution >= 0.6 is 11.6 Å². The quantitative estimate of drug-likeness (QED) is 0.932. The molecule has 0 amide bonds. The molecule has 0 unspecified atom stereocenters. The summed E-state index contributed by atoms with van der Waals surface area (Å²) in [5, 5.41) is 13.7. The number of halogens is 1. The van der Waals surface area contributed by atoms with Gasteiger partial charge < -0.3 is 5.73 Å². The Bertz CT molecular complexity index is 612. The molecule has 4 nitrogen and oxygen atoms in total. The van der Waals surface area contributed by atoms with E-state index in [-0.39, 0.29) is 6.04 Å². The second-order valence-electron chi connectivity index (χ2n) is 4.40. The van der Waals surface area contributed by atoms with E-state index in [2.05, 4.69) is 12.0 Å². The fourth-order valence-corrected chi connectivity index (χ4v) is 1.97. The van der Waals surface area contributed by atoms with Crippen molar-refractivity contribution in [1.29, 1.82) is 5.26 Å². The Morgan fingerprint density at radius 2 is 2.26 bits per heavy atom. The number of hydrogen-bond donors (Lipinski definition) is 1. The predicted octanol–water partition coefficient (Wildman–Crippen LogP) is 2.81. The van der Waals surface area contributed by atoms with Gasteiger partial charge in [0.1, 0.15) is 6.07 Å². The van der Waals surface area contributed by atoms with Gasteiger partial charge >= 0.3 is 0 Å². The van der Waals surface area contributed by atoms with E-state index in [0.29, 0.717) is 17.1 Å². The van der Waals surface area contributed by atoms with E-state index in [9.17, 15) is 0 Å². The highest BCUT2D eigenvalue weighted by Crippen LogP contribution is 2.24. The third kappa shape index (κ3) is 3.14. The first-order valence-corrected chi connectivity index (χ1v) is 6.51. The Hall–Kier alpha value is -1.83. The van der Waals surface area contributed by atoms with Gasteiger partial charge in [0.25, 0.3) is 0 Å². The van der Waals surface area contributed by atoms with Gasteiger partial charge in [-0.2, -0.15) is 10.4 Å². The third-order valence-electron chi connectivity index (χ3n) is 2.97. The van der Waals surface area contributed by atoms with Gasteiger partial charge in [0.2, 0.25) is 0 Å². The van der Waals surface area contributed by atoms with Gasteiger partial charge in [-0.25, -0.2) is 0 Å². The average Bonchev–Trinajstić information content (AvgIpc) is 2.87. The molecule has 98 valence electrons. The minimum absolute atomic E-state index is 0.109. The molecule has 5 heteroatoms. The van der Waals surface area contributed by atoms with Gasteiger partial charge in [0.15, 0.2) is 0 Å². The number of nitriles is 1. The lowest BCUT2D eigenvalue weighted by Crippen LogP contribution is -2.25. The van der Waals surface area contributed by atoms with Crippen LogP contribution in [0.3, 0.4) is 0 Å². The van der Waals surface area contributed by atoms with Gasteiger partial charge in [-0.15, -0.1) is 0 Å². The van der Waals surface area contributed by atoms with Crippen LogP contribution in [0.1, 0.15) is 18.9 Å². The number of nitrogens with two attached hydrogens (primary N) is 1. The van der Waals surface area contributed by atoms with E-state index in [1.165, 1.54) is 0 Å². The topological polar surface area (TPSA) is 67.6 Å². The molecule has 2 aromatic rings. The first-order valence-electron chi connectivity index (χ1n) is 6.13. The van der Waals surface area contributed by atoms with E-state index in [1.54, 1.807) is 12.1 Å². The molecule has 0 aliphatic rings. The Morgan fingerprint density at radius 3 is 2.89 bits per heavy atom. The normalized spacial score (nSPS) is 12.1. The lowest BCUT2D eigenvalue weighted by molar-refractivity contribution is 0.501. The Balaban J connectivity index is 2.23. The highest BCUT2D eigenvalue weighted by atomic mass is 35.5. The van der Waals surface area contributed by atoms with Crippen LogP contribution in [-0.2, 0) is 6.54 Å². The largest absolute Gasteiger partial charge is 0.326 e. The third-order valence-corrected chi connectivity index (χ3v) is 3.28. The molecular formula is C14H15ClN4. The summed E-state index contributed by atoms with van der Waals surface area (Å²) < 4.78 is 1.83. The highest BCUT2D eigenvalue weighted by Gasteiger charge is 2.07. The zero-order valence-corrected chi connectivity index (χ0v) is 11.4. The van der Waals surface area contributed by atoms with E-state index < -0.39 is 0 Å². The zero-order chi connectivity index (χ0) is 13.8. The molecule has 0 saturated heterocycles. The number of nitrogens with zero attached hydrogens (tertiary/aromatic N) is 3. The van der Waals surface area contributed by atoms with Crippen LogP contribution in [0.4, 0.5) is 0 Å². The average molecular weight is 275 g/mol. The summed E-state index contributed by atoms with van der Waals surface area (Å²) >= 11 is 6.02. The number of hydrogen-bond acceptors (Lipinski definition) is 3. The van der Waals surface area contributed by atoms with Crippen molar-refractivity contribution in [2.75, 3.05) is 0 Å². The summed E-state index contributed by atoms with van der Waals surface area (Å²) in [4.78, 5) is 0. The van der Waals surface area contributed by atoms with E-state index >= 15 is 0 Å². The van der Waals surface area contributed by atoms with E-state index in [1.807, 2.05) is 29.1 Å². The van der Waals surface area contributed by atoms with Crippen molar-refractivity contribution in [3.63, 3.8) is 0 Å². The van der Waals surface area contributed by atoms with Gasteiger partial charge in [-0.3, -0.25) is 4.68 Å². The summed E-state index contributed by atoms with van der Waals surface area (Å²) in [6.07, 6.45) is 2.81. The summed E-state index contributed by atoms with van der Waals surface area (Å²) in [6, 6.07) is 9.37. The van der Waals surface area contributed by atoms with Crippen LogP contribution in [0.25, 0.3) is 11.3 Å². The van der Waals surface area contributed by atoms with E-state index in [0.717, 1.165) is 17.7 Å². The molecule has 2 rings (SSSR count). The second-order valence-corrected chi connectivity index (χ2v) is 4.80. The van der Waals surface area contributed by atoms with Crippen LogP contribution in [0, 0.1) is 11.3 Å². The maximum absolute atomic E-state index is 8.84. The van der Waals surface area contributed by atoms with Crippen LogP contribution in [0.5, 0.6) is 0 Å². The first-order chi connectivity index (χ1) is 9.13. The second kappa shape index (κ2) is 5.87. The summed E-state index contributed by atoms with van der Waals surface area (Å²) in [5.41, 5.74) is 8.09. The standard InChI is InChI=1S/C14H15ClN4/c1-2-12(17)9-19-6-5-14(18-19)10-3-4-11(8-16)13(15)7-10/h3-7,12H,2,9,17H2,1H3/t12-/m1/s1. The van der Waals surface area contributed by atoms with Crippen LogP contribution in [0.2, 0.25) is 5.02 Å². The molecule has 1 heterocycles. The molecule has 0 radical (unpaired) electrons. The smallest absolute Gasteiger partial charge is 0.101 e. The van der Waals surface area contributed by atoms with Crippen molar-refractivity contribution < 1.29 is 0 Å².